The minimum Gasteiger partial charge on any atom is -0.321 e. The van der Waals surface area contributed by atoms with Gasteiger partial charge < -0.3 is 5.32 Å². The Bertz CT molecular complexity index is 1180. The van der Waals surface area contributed by atoms with Crippen LogP contribution in [0.3, 0.4) is 0 Å². The summed E-state index contributed by atoms with van der Waals surface area (Å²) in [5.41, 5.74) is 6.74. The summed E-state index contributed by atoms with van der Waals surface area (Å²) in [6.07, 6.45) is 3.41. The zero-order valence-corrected chi connectivity index (χ0v) is 16.5. The lowest BCUT2D eigenvalue weighted by atomic mass is 9.94. The van der Waals surface area contributed by atoms with Crippen molar-refractivity contribution >= 4 is 28.1 Å². The van der Waals surface area contributed by atoms with Crippen LogP contribution in [0.25, 0.3) is 16.5 Å². The summed E-state index contributed by atoms with van der Waals surface area (Å²) in [6, 6.07) is 26.0. The lowest BCUT2D eigenvalue weighted by Gasteiger charge is -2.12. The average molecular weight is 378 g/mol. The first kappa shape index (κ1) is 18.6. The highest BCUT2D eigenvalue weighted by Crippen LogP contribution is 2.26. The van der Waals surface area contributed by atoms with Gasteiger partial charge in [-0.05, 0) is 42.7 Å². The van der Waals surface area contributed by atoms with E-state index in [-0.39, 0.29) is 5.91 Å². The number of pyridine rings is 1. The normalized spacial score (nSPS) is 11.4. The van der Waals surface area contributed by atoms with Gasteiger partial charge in [-0.1, -0.05) is 77.9 Å². The molecule has 0 aliphatic carbocycles. The summed E-state index contributed by atoms with van der Waals surface area (Å²) >= 11 is 0. The first-order chi connectivity index (χ1) is 14.1. The molecular formula is C26H22N2O. The predicted octanol–water partition coefficient (Wildman–Crippen LogP) is 5.92. The number of hydrogen-bond donors (Lipinski definition) is 1. The maximum absolute atomic E-state index is 13.0. The van der Waals surface area contributed by atoms with E-state index in [1.54, 1.807) is 12.3 Å². The largest absolute Gasteiger partial charge is 0.321 e. The van der Waals surface area contributed by atoms with Crippen LogP contribution in [0.15, 0.2) is 91.1 Å². The van der Waals surface area contributed by atoms with Crippen molar-refractivity contribution in [1.29, 1.82) is 0 Å². The van der Waals surface area contributed by atoms with Gasteiger partial charge in [-0.2, -0.15) is 0 Å². The number of amides is 1. The number of aryl methyl sites for hydroxylation is 2. The Hall–Kier alpha value is -3.72. The van der Waals surface area contributed by atoms with Crippen LogP contribution < -0.4 is 5.32 Å². The molecule has 3 heteroatoms. The predicted molar refractivity (Wildman–Crippen MR) is 120 cm³/mol. The molecule has 4 aromatic rings. The van der Waals surface area contributed by atoms with E-state index < -0.39 is 0 Å². The Labute approximate surface area is 170 Å². The molecule has 0 saturated carbocycles. The van der Waals surface area contributed by atoms with Gasteiger partial charge in [0.15, 0.2) is 0 Å². The molecule has 142 valence electrons. The van der Waals surface area contributed by atoms with E-state index in [1.807, 2.05) is 60.7 Å². The maximum atomic E-state index is 13.0. The lowest BCUT2D eigenvalue weighted by molar-refractivity contribution is -0.111. The monoisotopic (exact) mass is 378 g/mol. The fourth-order valence-corrected chi connectivity index (χ4v) is 3.59. The summed E-state index contributed by atoms with van der Waals surface area (Å²) in [6.45, 7) is 4.14. The molecule has 0 bridgehead atoms. The van der Waals surface area contributed by atoms with Crippen LogP contribution in [0.5, 0.6) is 0 Å². The first-order valence-electron chi connectivity index (χ1n) is 9.61. The molecule has 0 fully saturated rings. The number of carbonyl (C=O) groups excluding carboxylic acids is 1. The number of rotatable bonds is 4. The molecule has 0 aliphatic heterocycles. The van der Waals surface area contributed by atoms with Gasteiger partial charge in [0.05, 0.1) is 11.2 Å². The molecule has 0 spiro atoms. The summed E-state index contributed by atoms with van der Waals surface area (Å²) in [5.74, 6) is -0.179. The maximum Gasteiger partial charge on any atom is 0.249 e. The third kappa shape index (κ3) is 4.25. The van der Waals surface area contributed by atoms with Crippen molar-refractivity contribution in [2.45, 2.75) is 13.8 Å². The third-order valence-electron chi connectivity index (χ3n) is 4.78. The van der Waals surface area contributed by atoms with E-state index in [2.05, 4.69) is 42.3 Å². The third-order valence-corrected chi connectivity index (χ3v) is 4.78. The van der Waals surface area contributed by atoms with Crippen molar-refractivity contribution in [2.75, 3.05) is 5.32 Å². The van der Waals surface area contributed by atoms with Gasteiger partial charge in [-0.15, -0.1) is 0 Å². The summed E-state index contributed by atoms with van der Waals surface area (Å²) in [7, 11) is 0. The first-order valence-corrected chi connectivity index (χ1v) is 9.61. The minimum atomic E-state index is -0.179. The van der Waals surface area contributed by atoms with Crippen LogP contribution >= 0.6 is 0 Å². The Kier molecular flexibility index (Phi) is 5.21. The van der Waals surface area contributed by atoms with Crippen molar-refractivity contribution in [2.24, 2.45) is 0 Å². The van der Waals surface area contributed by atoms with Gasteiger partial charge in [0, 0.05) is 17.7 Å². The van der Waals surface area contributed by atoms with Crippen molar-refractivity contribution < 1.29 is 4.79 Å². The highest BCUT2D eigenvalue weighted by atomic mass is 16.1. The number of hydrogen-bond acceptors (Lipinski definition) is 2. The SMILES string of the molecule is Cc1cc(C)cc(/C(=C\C(=O)Nc2cccc3cccnc23)c2ccccc2)c1. The Balaban J connectivity index is 1.75. The summed E-state index contributed by atoms with van der Waals surface area (Å²) in [5, 5.41) is 4.00. The molecule has 0 unspecified atom stereocenters. The van der Waals surface area contributed by atoms with Crippen LogP contribution in [-0.2, 0) is 4.79 Å². The zero-order valence-electron chi connectivity index (χ0n) is 16.5. The van der Waals surface area contributed by atoms with Gasteiger partial charge in [-0.25, -0.2) is 0 Å². The van der Waals surface area contributed by atoms with Crippen LogP contribution in [0, 0.1) is 13.8 Å². The van der Waals surface area contributed by atoms with Crippen LogP contribution in [-0.4, -0.2) is 10.9 Å². The number of aromatic nitrogens is 1. The van der Waals surface area contributed by atoms with Crippen molar-refractivity contribution in [1.82, 2.24) is 4.98 Å². The lowest BCUT2D eigenvalue weighted by Crippen LogP contribution is -2.10. The molecule has 4 rings (SSSR count). The molecule has 0 saturated heterocycles. The molecule has 0 aliphatic rings. The number of anilines is 1. The van der Waals surface area contributed by atoms with Crippen LogP contribution in [0.2, 0.25) is 0 Å². The molecule has 29 heavy (non-hydrogen) atoms. The van der Waals surface area contributed by atoms with Crippen LogP contribution in [0.1, 0.15) is 22.3 Å². The minimum absolute atomic E-state index is 0.179. The Morgan fingerprint density at radius 1 is 0.828 bits per heavy atom. The van der Waals surface area contributed by atoms with E-state index in [1.165, 1.54) is 11.1 Å². The number of fused-ring (bicyclic) bond motifs is 1. The molecule has 3 aromatic carbocycles. The second-order valence-corrected chi connectivity index (χ2v) is 7.17. The smallest absolute Gasteiger partial charge is 0.249 e. The Morgan fingerprint density at radius 3 is 2.31 bits per heavy atom. The van der Waals surface area contributed by atoms with E-state index in [0.717, 1.165) is 27.6 Å². The molecule has 0 atom stereocenters. The van der Waals surface area contributed by atoms with E-state index in [4.69, 9.17) is 0 Å². The molecule has 1 N–H and O–H groups in total. The van der Waals surface area contributed by atoms with Crippen molar-refractivity contribution in [3.63, 3.8) is 0 Å². The number of benzene rings is 3. The number of carbonyl (C=O) groups is 1. The van der Waals surface area contributed by atoms with Gasteiger partial charge in [0.25, 0.3) is 0 Å². The Morgan fingerprint density at radius 2 is 1.55 bits per heavy atom. The average Bonchev–Trinajstić information content (AvgIpc) is 2.72. The van der Waals surface area contributed by atoms with Crippen LogP contribution in [0.4, 0.5) is 5.69 Å². The molecule has 0 radical (unpaired) electrons. The molecule has 1 aromatic heterocycles. The quantitative estimate of drug-likeness (QED) is 0.448. The highest BCUT2D eigenvalue weighted by molar-refractivity contribution is 6.09. The standard InChI is InChI=1S/C26H22N2O/c1-18-14-19(2)16-22(15-18)23(20-8-4-3-5-9-20)17-25(29)28-24-12-6-10-21-11-7-13-27-26(21)24/h3-17H,1-2H3,(H,28,29)/b23-17-. The summed E-state index contributed by atoms with van der Waals surface area (Å²) < 4.78 is 0. The molecule has 1 amide bonds. The second-order valence-electron chi connectivity index (χ2n) is 7.17. The number of para-hydroxylation sites is 1. The fourth-order valence-electron chi connectivity index (χ4n) is 3.59. The van der Waals surface area contributed by atoms with Gasteiger partial charge in [0.2, 0.25) is 5.91 Å². The highest BCUT2D eigenvalue weighted by Gasteiger charge is 2.11. The van der Waals surface area contributed by atoms with Crippen molar-refractivity contribution in [3.8, 4) is 0 Å². The fraction of sp³-hybridized carbons (Fsp3) is 0.0769. The molecular weight excluding hydrogens is 356 g/mol. The van der Waals surface area contributed by atoms with Gasteiger partial charge >= 0.3 is 0 Å². The van der Waals surface area contributed by atoms with Crippen molar-refractivity contribution in [3.05, 3.63) is 113 Å². The number of nitrogens with zero attached hydrogens (tertiary/aromatic N) is 1. The second kappa shape index (κ2) is 8.11. The summed E-state index contributed by atoms with van der Waals surface area (Å²) in [4.78, 5) is 17.4. The van der Waals surface area contributed by atoms with E-state index >= 15 is 0 Å². The zero-order chi connectivity index (χ0) is 20.2. The topological polar surface area (TPSA) is 42.0 Å². The van der Waals surface area contributed by atoms with E-state index in [9.17, 15) is 4.79 Å². The molecule has 1 heterocycles. The van der Waals surface area contributed by atoms with Gasteiger partial charge in [-0.3, -0.25) is 9.78 Å². The number of nitrogens with one attached hydrogen (secondary N) is 1. The molecule has 3 nitrogen and oxygen atoms in total. The van der Waals surface area contributed by atoms with Gasteiger partial charge in [0.1, 0.15) is 0 Å². The van der Waals surface area contributed by atoms with E-state index in [0.29, 0.717) is 5.69 Å².